The highest BCUT2D eigenvalue weighted by molar-refractivity contribution is 5.39. The first-order valence-corrected chi connectivity index (χ1v) is 7.07. The van der Waals surface area contributed by atoms with Crippen LogP contribution in [0.25, 0.3) is 0 Å². The molecule has 1 unspecified atom stereocenters. The lowest BCUT2D eigenvalue weighted by Crippen LogP contribution is -2.20. The summed E-state index contributed by atoms with van der Waals surface area (Å²) in [5, 5.41) is 0. The summed E-state index contributed by atoms with van der Waals surface area (Å²) in [4.78, 5) is 5.63. The normalized spacial score (nSPS) is 12.4. The van der Waals surface area contributed by atoms with Gasteiger partial charge in [-0.1, -0.05) is 48.0 Å². The zero-order valence-electron chi connectivity index (χ0n) is 12.7. The highest BCUT2D eigenvalue weighted by atomic mass is 16.6. The largest absolute Gasteiger partial charge is 0.296 e. The van der Waals surface area contributed by atoms with E-state index in [4.69, 9.17) is 4.84 Å². The van der Waals surface area contributed by atoms with E-state index in [-0.39, 0.29) is 6.04 Å². The fourth-order valence-corrected chi connectivity index (χ4v) is 2.76. The molecule has 2 heteroatoms. The van der Waals surface area contributed by atoms with Gasteiger partial charge < -0.3 is 0 Å². The van der Waals surface area contributed by atoms with Crippen molar-refractivity contribution in [2.45, 2.75) is 40.3 Å². The molecule has 2 aromatic carbocycles. The van der Waals surface area contributed by atoms with Crippen molar-refractivity contribution in [1.82, 2.24) is 5.48 Å². The van der Waals surface area contributed by atoms with E-state index in [9.17, 15) is 0 Å². The molecule has 20 heavy (non-hydrogen) atoms. The average Bonchev–Trinajstić information content (AvgIpc) is 2.38. The lowest BCUT2D eigenvalue weighted by atomic mass is 9.95. The molecule has 1 atom stereocenters. The third kappa shape index (κ3) is 3.69. The molecule has 1 N–H and O–H groups in total. The molecule has 0 aliphatic carbocycles. The van der Waals surface area contributed by atoms with Crippen LogP contribution in [0.3, 0.4) is 0 Å². The minimum atomic E-state index is 0.180. The maximum Gasteiger partial charge on any atom is 0.0933 e. The van der Waals surface area contributed by atoms with Crippen molar-refractivity contribution in [3.05, 3.63) is 70.3 Å². The van der Waals surface area contributed by atoms with Crippen molar-refractivity contribution < 1.29 is 4.84 Å². The molecule has 2 aromatic rings. The van der Waals surface area contributed by atoms with Crippen molar-refractivity contribution in [1.29, 1.82) is 0 Å². The number of aryl methyl sites for hydroxylation is 3. The number of hydrogen-bond acceptors (Lipinski definition) is 2. The van der Waals surface area contributed by atoms with Gasteiger partial charge in [0.2, 0.25) is 0 Å². The van der Waals surface area contributed by atoms with Gasteiger partial charge >= 0.3 is 0 Å². The Labute approximate surface area is 121 Å². The van der Waals surface area contributed by atoms with Crippen molar-refractivity contribution in [2.24, 2.45) is 0 Å². The van der Waals surface area contributed by atoms with E-state index in [0.29, 0.717) is 6.61 Å². The van der Waals surface area contributed by atoms with Gasteiger partial charge in [0.1, 0.15) is 0 Å². The number of hydrogen-bond donors (Lipinski definition) is 1. The second kappa shape index (κ2) is 6.69. The summed E-state index contributed by atoms with van der Waals surface area (Å²) in [5.41, 5.74) is 9.57. The third-order valence-corrected chi connectivity index (χ3v) is 3.51. The molecule has 0 bridgehead atoms. The molecule has 0 aliphatic rings. The van der Waals surface area contributed by atoms with Crippen LogP contribution in [0.5, 0.6) is 0 Å². The summed E-state index contributed by atoms with van der Waals surface area (Å²) >= 11 is 0. The highest BCUT2D eigenvalue weighted by Gasteiger charge is 2.11. The Hall–Kier alpha value is -1.64. The molecule has 2 nitrogen and oxygen atoms in total. The molecule has 0 spiro atoms. The number of benzene rings is 2. The summed E-state index contributed by atoms with van der Waals surface area (Å²) in [6.07, 6.45) is 0. The predicted octanol–water partition coefficient (Wildman–Crippen LogP) is 4.39. The van der Waals surface area contributed by atoms with E-state index in [2.05, 4.69) is 57.4 Å². The van der Waals surface area contributed by atoms with Gasteiger partial charge in [-0.2, -0.15) is 5.48 Å². The van der Waals surface area contributed by atoms with E-state index in [0.717, 1.165) is 0 Å². The lowest BCUT2D eigenvalue weighted by Gasteiger charge is -2.19. The van der Waals surface area contributed by atoms with Gasteiger partial charge in [0, 0.05) is 0 Å². The molecule has 0 radical (unpaired) electrons. The Morgan fingerprint density at radius 2 is 1.60 bits per heavy atom. The second-order valence-electron chi connectivity index (χ2n) is 5.43. The van der Waals surface area contributed by atoms with Crippen LogP contribution in [0.2, 0.25) is 0 Å². The molecule has 0 amide bonds. The predicted molar refractivity (Wildman–Crippen MR) is 83.4 cm³/mol. The zero-order valence-corrected chi connectivity index (χ0v) is 12.7. The summed E-state index contributed by atoms with van der Waals surface area (Å²) in [7, 11) is 0. The van der Waals surface area contributed by atoms with Gasteiger partial charge in [-0.15, -0.1) is 0 Å². The van der Waals surface area contributed by atoms with E-state index in [1.165, 1.54) is 27.8 Å². The van der Waals surface area contributed by atoms with Gasteiger partial charge in [0.25, 0.3) is 0 Å². The first-order chi connectivity index (χ1) is 9.58. The summed E-state index contributed by atoms with van der Waals surface area (Å²) in [5.74, 6) is 0. The Balaban J connectivity index is 1.97. The fraction of sp³-hybridized carbons (Fsp3) is 0.333. The maximum absolute atomic E-state index is 5.63. The summed E-state index contributed by atoms with van der Waals surface area (Å²) in [6.45, 7) is 9.16. The van der Waals surface area contributed by atoms with E-state index in [1.54, 1.807) is 0 Å². The molecule has 0 aromatic heterocycles. The highest BCUT2D eigenvalue weighted by Crippen LogP contribution is 2.23. The first kappa shape index (κ1) is 14.8. The molecule has 0 aliphatic heterocycles. The van der Waals surface area contributed by atoms with Crippen molar-refractivity contribution in [2.75, 3.05) is 0 Å². The van der Waals surface area contributed by atoms with Gasteiger partial charge in [-0.25, -0.2) is 0 Å². The molecular formula is C18H23NO. The zero-order chi connectivity index (χ0) is 14.5. The van der Waals surface area contributed by atoms with Crippen LogP contribution in [0, 0.1) is 20.8 Å². The van der Waals surface area contributed by atoms with Crippen molar-refractivity contribution in [3.63, 3.8) is 0 Å². The average molecular weight is 269 g/mol. The van der Waals surface area contributed by atoms with Crippen LogP contribution >= 0.6 is 0 Å². The van der Waals surface area contributed by atoms with Crippen molar-refractivity contribution >= 4 is 0 Å². The molecule has 0 saturated heterocycles. The summed E-state index contributed by atoms with van der Waals surface area (Å²) in [6, 6.07) is 14.8. The van der Waals surface area contributed by atoms with Crippen molar-refractivity contribution in [3.8, 4) is 0 Å². The Morgan fingerprint density at radius 1 is 1.00 bits per heavy atom. The number of rotatable bonds is 5. The van der Waals surface area contributed by atoms with E-state index in [1.807, 2.05) is 18.2 Å². The number of hydroxylamine groups is 1. The third-order valence-electron chi connectivity index (χ3n) is 3.51. The van der Waals surface area contributed by atoms with Crippen LogP contribution < -0.4 is 5.48 Å². The van der Waals surface area contributed by atoms with Crippen LogP contribution in [0.1, 0.15) is 40.8 Å². The minimum Gasteiger partial charge on any atom is -0.296 e. The molecule has 0 heterocycles. The van der Waals surface area contributed by atoms with Crippen LogP contribution in [0.4, 0.5) is 0 Å². The lowest BCUT2D eigenvalue weighted by molar-refractivity contribution is 0.00673. The van der Waals surface area contributed by atoms with Crippen LogP contribution in [0.15, 0.2) is 42.5 Å². The smallest absolute Gasteiger partial charge is 0.0933 e. The monoisotopic (exact) mass is 269 g/mol. The standard InChI is InChI=1S/C18H23NO/c1-13-10-14(2)18(15(3)11-13)16(4)19-20-12-17-8-6-5-7-9-17/h5-11,16,19H,12H2,1-4H3. The van der Waals surface area contributed by atoms with E-state index < -0.39 is 0 Å². The number of nitrogens with one attached hydrogen (secondary N) is 1. The minimum absolute atomic E-state index is 0.180. The summed E-state index contributed by atoms with van der Waals surface area (Å²) < 4.78 is 0. The van der Waals surface area contributed by atoms with E-state index >= 15 is 0 Å². The molecule has 2 rings (SSSR count). The molecular weight excluding hydrogens is 246 g/mol. The SMILES string of the molecule is Cc1cc(C)c(C(C)NOCc2ccccc2)c(C)c1. The Kier molecular flexibility index (Phi) is 4.94. The van der Waals surface area contributed by atoms with Crippen LogP contribution in [-0.4, -0.2) is 0 Å². The second-order valence-corrected chi connectivity index (χ2v) is 5.43. The Bertz CT molecular complexity index is 540. The quantitative estimate of drug-likeness (QED) is 0.813. The first-order valence-electron chi connectivity index (χ1n) is 7.07. The van der Waals surface area contributed by atoms with Gasteiger partial charge in [-0.05, 0) is 49.9 Å². The topological polar surface area (TPSA) is 21.3 Å². The van der Waals surface area contributed by atoms with Gasteiger partial charge in [0.15, 0.2) is 0 Å². The Morgan fingerprint density at radius 3 is 2.20 bits per heavy atom. The maximum atomic E-state index is 5.63. The fourth-order valence-electron chi connectivity index (χ4n) is 2.76. The van der Waals surface area contributed by atoms with Gasteiger partial charge in [0.05, 0.1) is 12.6 Å². The van der Waals surface area contributed by atoms with Gasteiger partial charge in [-0.3, -0.25) is 4.84 Å². The van der Waals surface area contributed by atoms with Crippen LogP contribution in [-0.2, 0) is 11.4 Å². The molecule has 0 saturated carbocycles. The molecule has 0 fully saturated rings. The molecule has 106 valence electrons.